The number of halogens is 1. The van der Waals surface area contributed by atoms with Gasteiger partial charge in [0, 0.05) is 11.6 Å². The summed E-state index contributed by atoms with van der Waals surface area (Å²) in [6.45, 7) is 0.989. The normalized spacial score (nSPS) is 20.0. The summed E-state index contributed by atoms with van der Waals surface area (Å²) < 4.78 is 30.5. The highest BCUT2D eigenvalue weighted by Gasteiger charge is 2.34. The van der Waals surface area contributed by atoms with E-state index in [2.05, 4.69) is 10.3 Å². The Balaban J connectivity index is 1.28. The van der Waals surface area contributed by atoms with Gasteiger partial charge in [-0.1, -0.05) is 18.2 Å². The van der Waals surface area contributed by atoms with E-state index >= 15 is 0 Å². The highest BCUT2D eigenvalue weighted by molar-refractivity contribution is 5.98. The molecule has 0 bridgehead atoms. The third-order valence-corrected chi connectivity index (χ3v) is 5.41. The van der Waals surface area contributed by atoms with Crippen molar-refractivity contribution in [1.29, 1.82) is 0 Å². The third kappa shape index (κ3) is 3.33. The summed E-state index contributed by atoms with van der Waals surface area (Å²) in [4.78, 5) is 16.8. The predicted octanol–water partition coefficient (Wildman–Crippen LogP) is 3.93. The van der Waals surface area contributed by atoms with Gasteiger partial charge in [-0.15, -0.1) is 0 Å². The molecule has 0 saturated heterocycles. The summed E-state index contributed by atoms with van der Waals surface area (Å²) in [5.41, 5.74) is 1.61. The van der Waals surface area contributed by atoms with E-state index in [9.17, 15) is 9.18 Å². The summed E-state index contributed by atoms with van der Waals surface area (Å²) in [6.07, 6.45) is 2.65. The van der Waals surface area contributed by atoms with Gasteiger partial charge in [0.25, 0.3) is 5.91 Å². The number of oxazole rings is 1. The number of benzene rings is 2. The quantitative estimate of drug-likeness (QED) is 0.726. The van der Waals surface area contributed by atoms with Gasteiger partial charge in [-0.25, -0.2) is 9.37 Å². The zero-order valence-electron chi connectivity index (χ0n) is 15.6. The van der Waals surface area contributed by atoms with Crippen LogP contribution in [0.25, 0.3) is 11.3 Å². The molecule has 0 unspecified atom stereocenters. The summed E-state index contributed by atoms with van der Waals surface area (Å²) in [5.74, 6) is 1.28. The number of fused-ring (bicyclic) bond motifs is 1. The number of carbonyl (C=O) groups is 1. The third-order valence-electron chi connectivity index (χ3n) is 5.41. The van der Waals surface area contributed by atoms with Gasteiger partial charge in [0.15, 0.2) is 29.3 Å². The summed E-state index contributed by atoms with van der Waals surface area (Å²) >= 11 is 0. The van der Waals surface area contributed by atoms with Crippen molar-refractivity contribution in [2.45, 2.75) is 24.8 Å². The van der Waals surface area contributed by atoms with Crippen molar-refractivity contribution in [3.05, 3.63) is 65.9 Å². The first-order chi connectivity index (χ1) is 14.2. The van der Waals surface area contributed by atoms with E-state index < -0.39 is 0 Å². The molecular weight excluding hydrogens is 375 g/mol. The predicted molar refractivity (Wildman–Crippen MR) is 103 cm³/mol. The molecule has 1 amide bonds. The summed E-state index contributed by atoms with van der Waals surface area (Å²) in [6, 6.07) is 12.1. The minimum absolute atomic E-state index is 0.0167. The molecule has 1 aliphatic heterocycles. The highest BCUT2D eigenvalue weighted by atomic mass is 19.1. The van der Waals surface area contributed by atoms with E-state index in [0.717, 1.165) is 0 Å². The Labute approximate surface area is 166 Å². The fraction of sp³-hybridized carbons (Fsp3) is 0.273. The molecule has 1 fully saturated rings. The number of ether oxygens (including phenoxy) is 2. The van der Waals surface area contributed by atoms with Crippen molar-refractivity contribution in [3.8, 4) is 22.8 Å². The van der Waals surface area contributed by atoms with Crippen LogP contribution in [-0.4, -0.2) is 30.1 Å². The minimum atomic E-state index is -0.305. The van der Waals surface area contributed by atoms with E-state index in [4.69, 9.17) is 13.9 Å². The number of aromatic nitrogens is 1. The lowest BCUT2D eigenvalue weighted by molar-refractivity contribution is 0.0904. The van der Waals surface area contributed by atoms with E-state index in [-0.39, 0.29) is 29.4 Å². The van der Waals surface area contributed by atoms with Crippen LogP contribution in [-0.2, 0) is 0 Å². The minimum Gasteiger partial charge on any atom is -0.486 e. The molecule has 1 aliphatic carbocycles. The fourth-order valence-corrected chi connectivity index (χ4v) is 3.85. The SMILES string of the molecule is O=C(NC1CC(c2ccccc2F)C1)c1ncoc1-c1ccc2c(c1)OCCO2. The maximum atomic E-state index is 13.9. The van der Waals surface area contributed by atoms with Gasteiger partial charge in [-0.2, -0.15) is 0 Å². The molecule has 1 saturated carbocycles. The molecule has 0 radical (unpaired) electrons. The molecule has 29 heavy (non-hydrogen) atoms. The second kappa shape index (κ2) is 7.24. The van der Waals surface area contributed by atoms with Crippen LogP contribution in [0.5, 0.6) is 11.5 Å². The molecule has 1 N–H and O–H groups in total. The Morgan fingerprint density at radius 3 is 2.69 bits per heavy atom. The van der Waals surface area contributed by atoms with Crippen LogP contribution in [0.1, 0.15) is 34.8 Å². The van der Waals surface area contributed by atoms with Crippen LogP contribution in [0.4, 0.5) is 4.39 Å². The second-order valence-corrected chi connectivity index (χ2v) is 7.25. The van der Waals surface area contributed by atoms with Gasteiger partial charge < -0.3 is 19.2 Å². The van der Waals surface area contributed by atoms with E-state index in [1.807, 2.05) is 12.1 Å². The van der Waals surface area contributed by atoms with Crippen molar-refractivity contribution < 1.29 is 23.1 Å². The first-order valence-electron chi connectivity index (χ1n) is 9.58. The van der Waals surface area contributed by atoms with Crippen molar-refractivity contribution >= 4 is 5.91 Å². The number of hydrogen-bond donors (Lipinski definition) is 1. The molecule has 0 atom stereocenters. The Kier molecular flexibility index (Phi) is 4.42. The van der Waals surface area contributed by atoms with Crippen LogP contribution in [0.3, 0.4) is 0 Å². The van der Waals surface area contributed by atoms with Crippen LogP contribution in [0.15, 0.2) is 53.3 Å². The van der Waals surface area contributed by atoms with Crippen molar-refractivity contribution in [2.24, 2.45) is 0 Å². The molecule has 6 nitrogen and oxygen atoms in total. The van der Waals surface area contributed by atoms with Gasteiger partial charge >= 0.3 is 0 Å². The number of nitrogens with zero attached hydrogens (tertiary/aromatic N) is 1. The second-order valence-electron chi connectivity index (χ2n) is 7.25. The Hall–Kier alpha value is -3.35. The van der Waals surface area contributed by atoms with Crippen LogP contribution in [0, 0.1) is 5.82 Å². The zero-order valence-corrected chi connectivity index (χ0v) is 15.6. The molecule has 1 aromatic heterocycles. The Morgan fingerprint density at radius 2 is 1.86 bits per heavy atom. The van der Waals surface area contributed by atoms with Gasteiger partial charge in [0.05, 0.1) is 0 Å². The number of rotatable bonds is 4. The molecular formula is C22H19FN2O4. The van der Waals surface area contributed by atoms with Gasteiger partial charge in [0.1, 0.15) is 19.0 Å². The number of carbonyl (C=O) groups excluding carboxylic acids is 1. The molecule has 2 aromatic carbocycles. The summed E-state index contributed by atoms with van der Waals surface area (Å²) in [5, 5.41) is 2.97. The average molecular weight is 394 g/mol. The molecule has 148 valence electrons. The van der Waals surface area contributed by atoms with E-state index in [0.29, 0.717) is 54.4 Å². The van der Waals surface area contributed by atoms with Crippen LogP contribution in [0.2, 0.25) is 0 Å². The lowest BCUT2D eigenvalue weighted by Gasteiger charge is -2.36. The lowest BCUT2D eigenvalue weighted by Crippen LogP contribution is -2.43. The lowest BCUT2D eigenvalue weighted by atomic mass is 9.75. The van der Waals surface area contributed by atoms with Gasteiger partial charge in [-0.05, 0) is 48.6 Å². The molecule has 2 aliphatic rings. The molecule has 5 rings (SSSR count). The molecule has 3 aromatic rings. The maximum Gasteiger partial charge on any atom is 0.274 e. The van der Waals surface area contributed by atoms with Gasteiger partial charge in [-0.3, -0.25) is 4.79 Å². The van der Waals surface area contributed by atoms with Crippen molar-refractivity contribution in [1.82, 2.24) is 10.3 Å². The highest BCUT2D eigenvalue weighted by Crippen LogP contribution is 2.39. The number of nitrogens with one attached hydrogen (secondary N) is 1. The standard InChI is InChI=1S/C22H19FN2O4/c23-17-4-2-1-3-16(17)14-9-15(10-14)25-22(26)20-21(29-12-24-20)13-5-6-18-19(11-13)28-8-7-27-18/h1-6,11-12,14-15H,7-10H2,(H,25,26). The Morgan fingerprint density at radius 1 is 1.07 bits per heavy atom. The van der Waals surface area contributed by atoms with Crippen molar-refractivity contribution in [2.75, 3.05) is 13.2 Å². The zero-order chi connectivity index (χ0) is 19.8. The van der Waals surface area contributed by atoms with Crippen LogP contribution < -0.4 is 14.8 Å². The molecule has 2 heterocycles. The molecule has 7 heteroatoms. The van der Waals surface area contributed by atoms with Crippen LogP contribution >= 0.6 is 0 Å². The largest absolute Gasteiger partial charge is 0.486 e. The smallest absolute Gasteiger partial charge is 0.274 e. The summed E-state index contributed by atoms with van der Waals surface area (Å²) in [7, 11) is 0. The first-order valence-corrected chi connectivity index (χ1v) is 9.58. The maximum absolute atomic E-state index is 13.9. The topological polar surface area (TPSA) is 73.6 Å². The van der Waals surface area contributed by atoms with Crippen molar-refractivity contribution in [3.63, 3.8) is 0 Å². The first kappa shape index (κ1) is 17.7. The fourth-order valence-electron chi connectivity index (χ4n) is 3.85. The molecule has 0 spiro atoms. The number of hydrogen-bond acceptors (Lipinski definition) is 5. The monoisotopic (exact) mass is 394 g/mol. The van der Waals surface area contributed by atoms with E-state index in [1.54, 1.807) is 24.3 Å². The Bertz CT molecular complexity index is 1060. The average Bonchev–Trinajstić information content (AvgIpc) is 3.21. The van der Waals surface area contributed by atoms with Gasteiger partial charge in [0.2, 0.25) is 0 Å². The number of amides is 1. The van der Waals surface area contributed by atoms with E-state index in [1.165, 1.54) is 12.5 Å².